The van der Waals surface area contributed by atoms with Gasteiger partial charge in [0.1, 0.15) is 0 Å². The lowest BCUT2D eigenvalue weighted by Gasteiger charge is -2.34. The first-order valence-electron chi connectivity index (χ1n) is 5.51. The molecule has 2 heterocycles. The van der Waals surface area contributed by atoms with Gasteiger partial charge in [-0.05, 0) is 26.7 Å². The van der Waals surface area contributed by atoms with E-state index >= 15 is 0 Å². The Balaban J connectivity index is 1.89. The van der Waals surface area contributed by atoms with Gasteiger partial charge >= 0.3 is 0 Å². The van der Waals surface area contributed by atoms with Gasteiger partial charge in [0.25, 0.3) is 0 Å². The fraction of sp³-hybridized carbons (Fsp3) is 0.727. The summed E-state index contributed by atoms with van der Waals surface area (Å²) >= 11 is 0. The third kappa shape index (κ3) is 2.58. The van der Waals surface area contributed by atoms with Crippen LogP contribution in [0, 0.1) is 6.92 Å². The van der Waals surface area contributed by atoms with Gasteiger partial charge in [0.05, 0.1) is 12.0 Å². The van der Waals surface area contributed by atoms with Gasteiger partial charge in [0.15, 0.2) is 0 Å². The van der Waals surface area contributed by atoms with Crippen LogP contribution in [0.25, 0.3) is 0 Å². The number of rotatable bonds is 3. The third-order valence-corrected chi connectivity index (χ3v) is 3.21. The zero-order chi connectivity index (χ0) is 10.7. The Morgan fingerprint density at radius 1 is 1.53 bits per heavy atom. The second-order valence-corrected chi connectivity index (χ2v) is 4.50. The molecule has 1 aliphatic rings. The molecule has 0 amide bonds. The summed E-state index contributed by atoms with van der Waals surface area (Å²) in [5.41, 5.74) is 2.48. The molecule has 4 heteroatoms. The summed E-state index contributed by atoms with van der Waals surface area (Å²) in [7, 11) is 0. The Kier molecular flexibility index (Phi) is 3.07. The van der Waals surface area contributed by atoms with Crippen molar-refractivity contribution in [2.45, 2.75) is 38.8 Å². The number of aryl methyl sites for hydroxylation is 1. The fourth-order valence-electron chi connectivity index (χ4n) is 1.86. The van der Waals surface area contributed by atoms with Crippen LogP contribution in [0.15, 0.2) is 6.33 Å². The summed E-state index contributed by atoms with van der Waals surface area (Å²) in [4.78, 5) is 7.38. The van der Waals surface area contributed by atoms with E-state index < -0.39 is 0 Å². The number of ether oxygens (including phenoxy) is 1. The molecule has 1 fully saturated rings. The van der Waals surface area contributed by atoms with Crippen molar-refractivity contribution in [3.05, 3.63) is 17.7 Å². The SMILES string of the molecule is Cc1[nH]cnc1CNC1(C)CCOCC1. The number of hydrogen-bond donors (Lipinski definition) is 2. The van der Waals surface area contributed by atoms with E-state index in [1.165, 1.54) is 0 Å². The molecule has 0 unspecified atom stereocenters. The first-order chi connectivity index (χ1) is 7.20. The summed E-state index contributed by atoms with van der Waals surface area (Å²) in [6, 6.07) is 0. The van der Waals surface area contributed by atoms with Crippen LogP contribution in [-0.2, 0) is 11.3 Å². The second-order valence-electron chi connectivity index (χ2n) is 4.50. The predicted molar refractivity (Wildman–Crippen MR) is 58.6 cm³/mol. The van der Waals surface area contributed by atoms with E-state index in [1.807, 2.05) is 0 Å². The van der Waals surface area contributed by atoms with Crippen LogP contribution in [0.1, 0.15) is 31.2 Å². The van der Waals surface area contributed by atoms with Crippen molar-refractivity contribution in [2.75, 3.05) is 13.2 Å². The molecule has 1 aromatic rings. The molecule has 2 N–H and O–H groups in total. The highest BCUT2D eigenvalue weighted by Gasteiger charge is 2.26. The van der Waals surface area contributed by atoms with Gasteiger partial charge in [-0.1, -0.05) is 0 Å². The average molecular weight is 209 g/mol. The molecule has 1 saturated heterocycles. The molecule has 15 heavy (non-hydrogen) atoms. The molecule has 1 aliphatic heterocycles. The normalized spacial score (nSPS) is 20.4. The van der Waals surface area contributed by atoms with E-state index in [9.17, 15) is 0 Å². The maximum atomic E-state index is 5.36. The first-order valence-corrected chi connectivity index (χ1v) is 5.51. The molecule has 0 aromatic carbocycles. The van der Waals surface area contributed by atoms with Gasteiger partial charge in [0, 0.05) is 31.0 Å². The highest BCUT2D eigenvalue weighted by molar-refractivity contribution is 5.08. The van der Waals surface area contributed by atoms with Crippen LogP contribution in [0.4, 0.5) is 0 Å². The van der Waals surface area contributed by atoms with Crippen molar-refractivity contribution >= 4 is 0 Å². The molecular weight excluding hydrogens is 190 g/mol. The maximum Gasteiger partial charge on any atom is 0.0925 e. The minimum absolute atomic E-state index is 0.212. The van der Waals surface area contributed by atoms with Crippen LogP contribution in [-0.4, -0.2) is 28.7 Å². The number of imidazole rings is 1. The number of hydrogen-bond acceptors (Lipinski definition) is 3. The number of aromatic nitrogens is 2. The van der Waals surface area contributed by atoms with E-state index in [-0.39, 0.29) is 5.54 Å². The molecule has 0 atom stereocenters. The van der Waals surface area contributed by atoms with Crippen molar-refractivity contribution in [1.29, 1.82) is 0 Å². The van der Waals surface area contributed by atoms with Gasteiger partial charge in [-0.2, -0.15) is 0 Å². The highest BCUT2D eigenvalue weighted by atomic mass is 16.5. The van der Waals surface area contributed by atoms with Crippen LogP contribution in [0.5, 0.6) is 0 Å². The Hall–Kier alpha value is -0.870. The molecule has 4 nitrogen and oxygen atoms in total. The molecule has 0 bridgehead atoms. The van der Waals surface area contributed by atoms with Gasteiger partial charge in [0.2, 0.25) is 0 Å². The lowest BCUT2D eigenvalue weighted by atomic mass is 9.92. The fourth-order valence-corrected chi connectivity index (χ4v) is 1.86. The van der Waals surface area contributed by atoms with E-state index in [0.717, 1.165) is 44.0 Å². The molecule has 0 saturated carbocycles. The van der Waals surface area contributed by atoms with Crippen molar-refractivity contribution in [2.24, 2.45) is 0 Å². The van der Waals surface area contributed by atoms with Gasteiger partial charge in [-0.3, -0.25) is 0 Å². The summed E-state index contributed by atoms with van der Waals surface area (Å²) in [6.07, 6.45) is 3.91. The Bertz CT molecular complexity index is 315. The number of nitrogens with one attached hydrogen (secondary N) is 2. The van der Waals surface area contributed by atoms with Crippen LogP contribution < -0.4 is 5.32 Å². The summed E-state index contributed by atoms with van der Waals surface area (Å²) < 4.78 is 5.36. The second kappa shape index (κ2) is 4.33. The summed E-state index contributed by atoms with van der Waals surface area (Å²) in [5, 5.41) is 3.58. The smallest absolute Gasteiger partial charge is 0.0925 e. The van der Waals surface area contributed by atoms with E-state index in [2.05, 4.69) is 29.1 Å². The summed E-state index contributed by atoms with van der Waals surface area (Å²) in [6.45, 7) is 6.88. The van der Waals surface area contributed by atoms with Crippen molar-refractivity contribution in [1.82, 2.24) is 15.3 Å². The Labute approximate surface area is 90.4 Å². The monoisotopic (exact) mass is 209 g/mol. The molecular formula is C11H19N3O. The largest absolute Gasteiger partial charge is 0.381 e. The lowest BCUT2D eigenvalue weighted by molar-refractivity contribution is 0.0445. The summed E-state index contributed by atoms with van der Waals surface area (Å²) in [5.74, 6) is 0. The van der Waals surface area contributed by atoms with E-state index in [4.69, 9.17) is 4.74 Å². The minimum Gasteiger partial charge on any atom is -0.381 e. The number of H-pyrrole nitrogens is 1. The lowest BCUT2D eigenvalue weighted by Crippen LogP contribution is -2.46. The molecule has 1 aromatic heterocycles. The minimum atomic E-state index is 0.212. The highest BCUT2D eigenvalue weighted by Crippen LogP contribution is 2.20. The van der Waals surface area contributed by atoms with Gasteiger partial charge in [-0.15, -0.1) is 0 Å². The van der Waals surface area contributed by atoms with Crippen molar-refractivity contribution < 1.29 is 4.74 Å². The third-order valence-electron chi connectivity index (χ3n) is 3.21. The Morgan fingerprint density at radius 2 is 2.27 bits per heavy atom. The van der Waals surface area contributed by atoms with Crippen molar-refractivity contribution in [3.63, 3.8) is 0 Å². The van der Waals surface area contributed by atoms with E-state index in [1.54, 1.807) is 6.33 Å². The van der Waals surface area contributed by atoms with Crippen LogP contribution in [0.2, 0.25) is 0 Å². The average Bonchev–Trinajstić information content (AvgIpc) is 2.62. The first kappa shape index (κ1) is 10.6. The molecule has 2 rings (SSSR count). The van der Waals surface area contributed by atoms with Crippen LogP contribution >= 0.6 is 0 Å². The molecule has 0 aliphatic carbocycles. The predicted octanol–water partition coefficient (Wildman–Crippen LogP) is 1.38. The zero-order valence-corrected chi connectivity index (χ0v) is 9.47. The zero-order valence-electron chi connectivity index (χ0n) is 9.47. The van der Waals surface area contributed by atoms with E-state index in [0.29, 0.717) is 0 Å². The standard InChI is InChI=1S/C11H19N3O/c1-9-10(13-8-12-9)7-14-11(2)3-5-15-6-4-11/h8,14H,3-7H2,1-2H3,(H,12,13). The van der Waals surface area contributed by atoms with Crippen LogP contribution in [0.3, 0.4) is 0 Å². The topological polar surface area (TPSA) is 49.9 Å². The Morgan fingerprint density at radius 3 is 2.87 bits per heavy atom. The number of aromatic amines is 1. The quantitative estimate of drug-likeness (QED) is 0.790. The number of nitrogens with zero attached hydrogens (tertiary/aromatic N) is 1. The molecule has 0 spiro atoms. The maximum absolute atomic E-state index is 5.36. The molecule has 84 valence electrons. The van der Waals surface area contributed by atoms with Gasteiger partial charge in [-0.25, -0.2) is 4.98 Å². The van der Waals surface area contributed by atoms with Crippen molar-refractivity contribution in [3.8, 4) is 0 Å². The van der Waals surface area contributed by atoms with Gasteiger partial charge < -0.3 is 15.0 Å². The molecule has 0 radical (unpaired) electrons.